The van der Waals surface area contributed by atoms with Crippen molar-refractivity contribution in [3.05, 3.63) is 0 Å². The molecule has 1 aliphatic rings. The summed E-state index contributed by atoms with van der Waals surface area (Å²) in [5.41, 5.74) is 0. The van der Waals surface area contributed by atoms with Gasteiger partial charge in [0.2, 0.25) is 5.91 Å². The largest absolute Gasteiger partial charge is 0.402 e. The molecule has 1 unspecified atom stereocenters. The molecule has 1 rings (SSSR count). The van der Waals surface area contributed by atoms with E-state index in [4.69, 9.17) is 0 Å². The van der Waals surface area contributed by atoms with Crippen molar-refractivity contribution in [1.29, 1.82) is 0 Å². The summed E-state index contributed by atoms with van der Waals surface area (Å²) < 4.78 is 40.7. The molecule has 0 radical (unpaired) electrons. The predicted molar refractivity (Wildman–Crippen MR) is 33.4 cm³/mol. The van der Waals surface area contributed by atoms with Crippen LogP contribution in [0.2, 0.25) is 0 Å². The maximum absolute atomic E-state index is 12.0. The molecule has 70 valence electrons. The van der Waals surface area contributed by atoms with Gasteiger partial charge in [0.15, 0.2) is 5.92 Å². The van der Waals surface area contributed by atoms with Crippen LogP contribution in [0.15, 0.2) is 0 Å². The molecule has 1 fully saturated rings. The maximum Gasteiger partial charge on any atom is 0.402 e. The lowest BCUT2D eigenvalue weighted by Crippen LogP contribution is -2.39. The molecule has 1 N–H and O–H groups in total. The van der Waals surface area contributed by atoms with Gasteiger partial charge in [0.25, 0.3) is 0 Å². The molecular weight excluding hydrogens is 175 g/mol. The van der Waals surface area contributed by atoms with Crippen molar-refractivity contribution in [2.45, 2.75) is 6.18 Å². The van der Waals surface area contributed by atoms with Gasteiger partial charge in [0.1, 0.15) is 0 Å². The van der Waals surface area contributed by atoms with Crippen molar-refractivity contribution in [2.24, 2.45) is 5.92 Å². The molecule has 0 saturated carbocycles. The molecule has 0 bridgehead atoms. The fourth-order valence-corrected chi connectivity index (χ4v) is 0.890. The maximum atomic E-state index is 12.0. The number of nitrogens with one attached hydrogen (secondary N) is 1. The minimum atomic E-state index is -4.51. The Bertz CT molecular complexity index is 180. The molecule has 1 amide bonds. The third-order valence-electron chi connectivity index (χ3n) is 1.54. The standard InChI is InChI=1S/C6H8F3NO2/c7-6(8,9)4-3-12-2-1-10-5(4)11/h4H,1-3H2,(H,10,11). The Balaban J connectivity index is 2.66. The zero-order valence-corrected chi connectivity index (χ0v) is 6.15. The number of amides is 1. The van der Waals surface area contributed by atoms with E-state index in [2.05, 4.69) is 10.1 Å². The van der Waals surface area contributed by atoms with Crippen molar-refractivity contribution in [2.75, 3.05) is 19.8 Å². The van der Waals surface area contributed by atoms with Gasteiger partial charge in [-0.3, -0.25) is 4.79 Å². The molecule has 0 aromatic carbocycles. The van der Waals surface area contributed by atoms with E-state index in [1.165, 1.54) is 0 Å². The first kappa shape index (κ1) is 9.31. The second kappa shape index (κ2) is 3.30. The Morgan fingerprint density at radius 3 is 2.75 bits per heavy atom. The van der Waals surface area contributed by atoms with E-state index >= 15 is 0 Å². The molecule has 1 heterocycles. The molecule has 0 aromatic rings. The van der Waals surface area contributed by atoms with Crippen molar-refractivity contribution in [3.63, 3.8) is 0 Å². The quantitative estimate of drug-likeness (QED) is 0.587. The van der Waals surface area contributed by atoms with Gasteiger partial charge >= 0.3 is 6.18 Å². The summed E-state index contributed by atoms with van der Waals surface area (Å²) in [6, 6.07) is 0. The van der Waals surface area contributed by atoms with Gasteiger partial charge in [-0.05, 0) is 0 Å². The zero-order chi connectivity index (χ0) is 9.19. The Labute approximate surface area is 66.9 Å². The summed E-state index contributed by atoms with van der Waals surface area (Å²) in [5, 5.41) is 2.12. The minimum Gasteiger partial charge on any atom is -0.378 e. The van der Waals surface area contributed by atoms with Crippen LogP contribution in [0.4, 0.5) is 13.2 Å². The number of rotatable bonds is 0. The number of ether oxygens (including phenoxy) is 1. The van der Waals surface area contributed by atoms with Gasteiger partial charge < -0.3 is 10.1 Å². The average Bonchev–Trinajstić information content (AvgIpc) is 2.11. The summed E-state index contributed by atoms with van der Waals surface area (Å²) >= 11 is 0. The fraction of sp³-hybridized carbons (Fsp3) is 0.833. The summed E-state index contributed by atoms with van der Waals surface area (Å²) in [6.45, 7) is -0.293. The molecule has 12 heavy (non-hydrogen) atoms. The minimum absolute atomic E-state index is 0.137. The summed E-state index contributed by atoms with van der Waals surface area (Å²) in [4.78, 5) is 10.7. The van der Waals surface area contributed by atoms with Crippen molar-refractivity contribution >= 4 is 5.91 Å². The number of halogens is 3. The second-order valence-electron chi connectivity index (χ2n) is 2.46. The normalized spacial score (nSPS) is 26.2. The monoisotopic (exact) mass is 183 g/mol. The molecule has 0 spiro atoms. The molecule has 0 aliphatic carbocycles. The van der Waals surface area contributed by atoms with Crippen molar-refractivity contribution in [3.8, 4) is 0 Å². The molecule has 1 aliphatic heterocycles. The number of carbonyl (C=O) groups is 1. The highest BCUT2D eigenvalue weighted by Crippen LogP contribution is 2.27. The highest BCUT2D eigenvalue weighted by molar-refractivity contribution is 5.79. The highest BCUT2D eigenvalue weighted by Gasteiger charge is 2.45. The van der Waals surface area contributed by atoms with Crippen LogP contribution >= 0.6 is 0 Å². The first-order valence-corrected chi connectivity index (χ1v) is 3.44. The van der Waals surface area contributed by atoms with Crippen LogP contribution in [-0.2, 0) is 9.53 Å². The van der Waals surface area contributed by atoms with Crippen molar-refractivity contribution in [1.82, 2.24) is 5.32 Å². The van der Waals surface area contributed by atoms with Crippen LogP contribution < -0.4 is 5.32 Å². The predicted octanol–water partition coefficient (Wildman–Crippen LogP) is 0.311. The third kappa shape index (κ3) is 2.10. The van der Waals surface area contributed by atoms with Gasteiger partial charge in [-0.25, -0.2) is 0 Å². The fourth-order valence-electron chi connectivity index (χ4n) is 0.890. The smallest absolute Gasteiger partial charge is 0.378 e. The molecular formula is C6H8F3NO2. The van der Waals surface area contributed by atoms with Crippen LogP contribution in [0.25, 0.3) is 0 Å². The second-order valence-corrected chi connectivity index (χ2v) is 2.46. The zero-order valence-electron chi connectivity index (χ0n) is 6.15. The first-order chi connectivity index (χ1) is 5.52. The highest BCUT2D eigenvalue weighted by atomic mass is 19.4. The molecule has 3 nitrogen and oxygen atoms in total. The van der Waals surface area contributed by atoms with E-state index in [0.29, 0.717) is 0 Å². The Morgan fingerprint density at radius 2 is 2.17 bits per heavy atom. The molecule has 1 saturated heterocycles. The average molecular weight is 183 g/mol. The third-order valence-corrected chi connectivity index (χ3v) is 1.54. The van der Waals surface area contributed by atoms with E-state index in [-0.39, 0.29) is 13.2 Å². The van der Waals surface area contributed by atoms with Gasteiger partial charge in [0, 0.05) is 6.54 Å². The van der Waals surface area contributed by atoms with E-state index in [0.717, 1.165) is 0 Å². The lowest BCUT2D eigenvalue weighted by molar-refractivity contribution is -0.189. The van der Waals surface area contributed by atoms with Crippen molar-refractivity contribution < 1.29 is 22.7 Å². The van der Waals surface area contributed by atoms with Gasteiger partial charge in [-0.15, -0.1) is 0 Å². The lowest BCUT2D eigenvalue weighted by Gasteiger charge is -2.15. The topological polar surface area (TPSA) is 38.3 Å². The van der Waals surface area contributed by atoms with E-state index < -0.39 is 24.6 Å². The Morgan fingerprint density at radius 1 is 1.50 bits per heavy atom. The lowest BCUT2D eigenvalue weighted by atomic mass is 10.1. The summed E-state index contributed by atoms with van der Waals surface area (Å²) in [6.07, 6.45) is -4.51. The Hall–Kier alpha value is -0.780. The van der Waals surface area contributed by atoms with Crippen LogP contribution in [0, 0.1) is 5.92 Å². The van der Waals surface area contributed by atoms with E-state index in [1.807, 2.05) is 0 Å². The van der Waals surface area contributed by atoms with Gasteiger partial charge in [-0.2, -0.15) is 13.2 Å². The number of hydrogen-bond donors (Lipinski definition) is 1. The summed E-state index contributed by atoms with van der Waals surface area (Å²) in [7, 11) is 0. The van der Waals surface area contributed by atoms with Crippen LogP contribution in [0.5, 0.6) is 0 Å². The number of alkyl halides is 3. The molecule has 1 atom stereocenters. The molecule has 6 heteroatoms. The summed E-state index contributed by atoms with van der Waals surface area (Å²) in [5.74, 6) is -3.01. The van der Waals surface area contributed by atoms with Gasteiger partial charge in [0.05, 0.1) is 13.2 Å². The van der Waals surface area contributed by atoms with E-state index in [9.17, 15) is 18.0 Å². The van der Waals surface area contributed by atoms with Crippen LogP contribution in [-0.4, -0.2) is 31.8 Å². The van der Waals surface area contributed by atoms with Crippen LogP contribution in [0.3, 0.4) is 0 Å². The first-order valence-electron chi connectivity index (χ1n) is 3.44. The number of carbonyl (C=O) groups excluding carboxylic acids is 1. The molecule has 0 aromatic heterocycles. The number of hydrogen-bond acceptors (Lipinski definition) is 2. The Kier molecular flexibility index (Phi) is 2.56. The SMILES string of the molecule is O=C1NCCOCC1C(F)(F)F. The van der Waals surface area contributed by atoms with Crippen LogP contribution in [0.1, 0.15) is 0 Å². The van der Waals surface area contributed by atoms with E-state index in [1.54, 1.807) is 0 Å². The van der Waals surface area contributed by atoms with Gasteiger partial charge in [-0.1, -0.05) is 0 Å².